The van der Waals surface area contributed by atoms with E-state index in [1.165, 1.54) is 10.9 Å². The molecule has 2 aromatic rings. The number of aromatic amines is 1. The molecule has 0 aliphatic carbocycles. The van der Waals surface area contributed by atoms with Gasteiger partial charge < -0.3 is 4.90 Å². The van der Waals surface area contributed by atoms with Crippen LogP contribution in [0.5, 0.6) is 0 Å². The van der Waals surface area contributed by atoms with Crippen LogP contribution in [0.3, 0.4) is 0 Å². The number of piperidine rings is 3. The number of aromatic nitrogens is 3. The number of carbonyl (C=O) groups excluding carboxylic acids is 1. The van der Waals surface area contributed by atoms with E-state index in [0.717, 1.165) is 56.6 Å². The molecule has 7 nitrogen and oxygen atoms in total. The quantitative estimate of drug-likeness (QED) is 0.859. The Bertz CT molecular complexity index is 979. The maximum absolute atomic E-state index is 12.7. The summed E-state index contributed by atoms with van der Waals surface area (Å²) in [5.41, 5.74) is 2.42. The van der Waals surface area contributed by atoms with Gasteiger partial charge in [-0.25, -0.2) is 9.50 Å². The van der Waals surface area contributed by atoms with Crippen molar-refractivity contribution in [3.05, 3.63) is 33.9 Å². The average molecular weight is 398 g/mol. The molecule has 156 valence electrons. The van der Waals surface area contributed by atoms with E-state index >= 15 is 0 Å². The first-order valence-electron chi connectivity index (χ1n) is 11.2. The van der Waals surface area contributed by atoms with E-state index in [0.29, 0.717) is 42.0 Å². The highest BCUT2D eigenvalue weighted by atomic mass is 16.2. The summed E-state index contributed by atoms with van der Waals surface area (Å²) < 4.78 is 1.51. The molecule has 4 atom stereocenters. The molecule has 29 heavy (non-hydrogen) atoms. The van der Waals surface area contributed by atoms with E-state index in [1.54, 1.807) is 6.07 Å². The van der Waals surface area contributed by atoms with Crippen molar-refractivity contribution in [3.63, 3.8) is 0 Å². The minimum Gasteiger partial charge on any atom is -0.336 e. The molecular weight excluding hydrogens is 366 g/mol. The summed E-state index contributed by atoms with van der Waals surface area (Å²) in [4.78, 5) is 34.7. The number of aryl methyl sites for hydroxylation is 1. The van der Waals surface area contributed by atoms with E-state index in [1.807, 2.05) is 13.0 Å². The molecule has 0 aromatic carbocycles. The second-order valence-corrected chi connectivity index (χ2v) is 9.29. The molecule has 3 fully saturated rings. The summed E-state index contributed by atoms with van der Waals surface area (Å²) in [5, 5.41) is 3.04. The number of H-pyrrole nitrogens is 1. The van der Waals surface area contributed by atoms with Crippen molar-refractivity contribution in [2.24, 2.45) is 11.8 Å². The number of hydrogen-bond acceptors (Lipinski definition) is 4. The largest absolute Gasteiger partial charge is 0.336 e. The number of likely N-dealkylation sites (tertiary alicyclic amines) is 1. The first kappa shape index (κ1) is 18.9. The van der Waals surface area contributed by atoms with Crippen LogP contribution in [0.15, 0.2) is 16.9 Å². The van der Waals surface area contributed by atoms with Crippen molar-refractivity contribution >= 4 is 11.6 Å². The van der Waals surface area contributed by atoms with Gasteiger partial charge in [0.15, 0.2) is 5.65 Å². The summed E-state index contributed by atoms with van der Waals surface area (Å²) in [6.07, 6.45) is 6.35. The molecule has 3 aliphatic heterocycles. The molecule has 2 bridgehead atoms. The van der Waals surface area contributed by atoms with Crippen LogP contribution in [0.2, 0.25) is 0 Å². The number of nitrogens with one attached hydrogen (secondary N) is 1. The van der Waals surface area contributed by atoms with Crippen molar-refractivity contribution in [1.29, 1.82) is 0 Å². The van der Waals surface area contributed by atoms with Crippen LogP contribution in [-0.4, -0.2) is 55.5 Å². The Hall–Kier alpha value is -2.15. The molecule has 1 amide bonds. The van der Waals surface area contributed by atoms with E-state index in [4.69, 9.17) is 4.98 Å². The van der Waals surface area contributed by atoms with E-state index in [2.05, 4.69) is 21.8 Å². The van der Waals surface area contributed by atoms with Crippen molar-refractivity contribution < 1.29 is 4.79 Å². The van der Waals surface area contributed by atoms with Gasteiger partial charge >= 0.3 is 0 Å². The smallest absolute Gasteiger partial charge is 0.272 e. The summed E-state index contributed by atoms with van der Waals surface area (Å²) in [7, 11) is 0. The minimum atomic E-state index is -0.0526. The molecular formula is C22H31N5O2. The van der Waals surface area contributed by atoms with Gasteiger partial charge in [0.05, 0.1) is 5.69 Å². The fourth-order valence-corrected chi connectivity index (χ4v) is 6.14. The van der Waals surface area contributed by atoms with Gasteiger partial charge in [-0.05, 0) is 44.4 Å². The first-order chi connectivity index (χ1) is 14.0. The lowest BCUT2D eigenvalue weighted by Gasteiger charge is -2.56. The lowest BCUT2D eigenvalue weighted by atomic mass is 9.71. The van der Waals surface area contributed by atoms with Crippen molar-refractivity contribution in [3.8, 4) is 0 Å². The third kappa shape index (κ3) is 3.29. The zero-order valence-corrected chi connectivity index (χ0v) is 17.4. The van der Waals surface area contributed by atoms with Gasteiger partial charge in [-0.2, -0.15) is 0 Å². The number of hydrogen-bond donors (Lipinski definition) is 1. The van der Waals surface area contributed by atoms with Crippen LogP contribution >= 0.6 is 0 Å². The molecule has 0 spiro atoms. The fraction of sp³-hybridized carbons (Fsp3) is 0.682. The molecule has 3 aliphatic rings. The average Bonchev–Trinajstić information content (AvgIpc) is 3.06. The SMILES string of the molecule is CCC[C@H]1[C@H]2C[C@H](CN(Cc3cc(=O)n4[nH]c(C)cc4n3)C2)[C@@H]2CCCC(=O)N21. The van der Waals surface area contributed by atoms with Crippen molar-refractivity contribution in [2.75, 3.05) is 13.1 Å². The van der Waals surface area contributed by atoms with Gasteiger partial charge in [0.25, 0.3) is 5.56 Å². The Labute approximate surface area is 171 Å². The van der Waals surface area contributed by atoms with Crippen LogP contribution in [0, 0.1) is 18.8 Å². The lowest BCUT2D eigenvalue weighted by Crippen LogP contribution is -2.64. The molecule has 2 aromatic heterocycles. The van der Waals surface area contributed by atoms with Gasteiger partial charge in [-0.15, -0.1) is 0 Å². The van der Waals surface area contributed by atoms with Gasteiger partial charge in [-0.3, -0.25) is 19.6 Å². The van der Waals surface area contributed by atoms with Gasteiger partial charge in [0.2, 0.25) is 5.91 Å². The maximum Gasteiger partial charge on any atom is 0.272 e. The molecule has 0 unspecified atom stereocenters. The Morgan fingerprint density at radius 1 is 1.21 bits per heavy atom. The summed E-state index contributed by atoms with van der Waals surface area (Å²) in [6, 6.07) is 4.36. The number of nitrogens with zero attached hydrogens (tertiary/aromatic N) is 4. The molecule has 3 saturated heterocycles. The van der Waals surface area contributed by atoms with E-state index in [-0.39, 0.29) is 5.56 Å². The Morgan fingerprint density at radius 3 is 2.86 bits per heavy atom. The highest BCUT2D eigenvalue weighted by Crippen LogP contribution is 2.43. The highest BCUT2D eigenvalue weighted by molar-refractivity contribution is 5.78. The summed E-state index contributed by atoms with van der Waals surface area (Å²) >= 11 is 0. The number of amides is 1. The zero-order chi connectivity index (χ0) is 20.1. The normalized spacial score (nSPS) is 30.0. The van der Waals surface area contributed by atoms with Gasteiger partial charge in [-0.1, -0.05) is 13.3 Å². The lowest BCUT2D eigenvalue weighted by molar-refractivity contribution is -0.153. The predicted octanol–water partition coefficient (Wildman–Crippen LogP) is 2.33. The van der Waals surface area contributed by atoms with Crippen molar-refractivity contribution in [1.82, 2.24) is 24.4 Å². The minimum absolute atomic E-state index is 0.0526. The molecule has 0 radical (unpaired) electrons. The molecule has 1 N–H and O–H groups in total. The summed E-state index contributed by atoms with van der Waals surface area (Å²) in [6.45, 7) is 6.86. The Kier molecular flexibility index (Phi) is 4.73. The molecule has 5 heterocycles. The van der Waals surface area contributed by atoms with E-state index in [9.17, 15) is 9.59 Å². The number of fused-ring (bicyclic) bond motifs is 5. The van der Waals surface area contributed by atoms with Gasteiger partial charge in [0, 0.05) is 56.0 Å². The van der Waals surface area contributed by atoms with Crippen LogP contribution in [0.4, 0.5) is 0 Å². The molecule has 0 saturated carbocycles. The predicted molar refractivity (Wildman–Crippen MR) is 111 cm³/mol. The number of rotatable bonds is 4. The highest BCUT2D eigenvalue weighted by Gasteiger charge is 2.48. The molecule has 5 rings (SSSR count). The Balaban J connectivity index is 1.40. The van der Waals surface area contributed by atoms with Crippen LogP contribution in [0.1, 0.15) is 56.8 Å². The monoisotopic (exact) mass is 397 g/mol. The van der Waals surface area contributed by atoms with Crippen LogP contribution in [-0.2, 0) is 11.3 Å². The maximum atomic E-state index is 12.7. The second-order valence-electron chi connectivity index (χ2n) is 9.29. The first-order valence-corrected chi connectivity index (χ1v) is 11.2. The van der Waals surface area contributed by atoms with Crippen molar-refractivity contribution in [2.45, 2.75) is 71.0 Å². The number of carbonyl (C=O) groups is 1. The fourth-order valence-electron chi connectivity index (χ4n) is 6.14. The Morgan fingerprint density at radius 2 is 2.03 bits per heavy atom. The van der Waals surface area contributed by atoms with Gasteiger partial charge in [0.1, 0.15) is 0 Å². The van der Waals surface area contributed by atoms with Crippen LogP contribution in [0.25, 0.3) is 5.65 Å². The summed E-state index contributed by atoms with van der Waals surface area (Å²) in [5.74, 6) is 1.46. The van der Waals surface area contributed by atoms with Crippen LogP contribution < -0.4 is 5.56 Å². The third-order valence-corrected chi connectivity index (χ3v) is 7.17. The zero-order valence-electron chi connectivity index (χ0n) is 17.4. The standard InChI is InChI=1S/C22H31N5O2/c1-3-5-18-15-9-16(19-6-4-7-21(28)26(18)19)12-25(11-15)13-17-10-22(29)27-20(23-17)8-14(2)24-27/h8,10,15-16,18-19,24H,3-7,9,11-13H2,1-2H3/t15-,16+,18-,19-/m0/s1. The topological polar surface area (TPSA) is 73.7 Å². The third-order valence-electron chi connectivity index (χ3n) is 7.17. The molecule has 7 heteroatoms. The second kappa shape index (κ2) is 7.27. The van der Waals surface area contributed by atoms with E-state index < -0.39 is 0 Å².